The fourth-order valence-electron chi connectivity index (χ4n) is 3.15. The fraction of sp³-hybridized carbons (Fsp3) is 0.120. The molecule has 34 heavy (non-hydrogen) atoms. The van der Waals surface area contributed by atoms with Crippen LogP contribution in [0.25, 0.3) is 11.1 Å². The Morgan fingerprint density at radius 3 is 2.38 bits per heavy atom. The number of hydrogen-bond acceptors (Lipinski definition) is 7. The third kappa shape index (κ3) is 6.25. The van der Waals surface area contributed by atoms with Crippen LogP contribution >= 0.6 is 11.3 Å². The van der Waals surface area contributed by atoms with Crippen molar-refractivity contribution < 1.29 is 19.5 Å². The quantitative estimate of drug-likeness (QED) is 0.251. The first-order valence-corrected chi connectivity index (χ1v) is 11.3. The number of benzene rings is 2. The third-order valence-electron chi connectivity index (χ3n) is 4.93. The molecule has 0 radical (unpaired) electrons. The first kappa shape index (κ1) is 23.1. The lowest BCUT2D eigenvalue weighted by atomic mass is 10.1. The van der Waals surface area contributed by atoms with Gasteiger partial charge >= 0.3 is 0 Å². The number of carbonyl (C=O) groups is 2. The van der Waals surface area contributed by atoms with Crippen LogP contribution in [0.1, 0.15) is 25.9 Å². The molecule has 0 aliphatic carbocycles. The van der Waals surface area contributed by atoms with Crippen molar-refractivity contribution in [2.75, 3.05) is 0 Å². The first-order chi connectivity index (χ1) is 16.6. The van der Waals surface area contributed by atoms with Gasteiger partial charge in [0.15, 0.2) is 0 Å². The molecule has 0 saturated carbocycles. The fourth-order valence-corrected chi connectivity index (χ4v) is 3.87. The molecule has 0 aliphatic rings. The van der Waals surface area contributed by atoms with Gasteiger partial charge in [0.25, 0.3) is 5.91 Å². The summed E-state index contributed by atoms with van der Waals surface area (Å²) in [4.78, 5) is 32.4. The van der Waals surface area contributed by atoms with Gasteiger partial charge in [0, 0.05) is 24.0 Å². The van der Waals surface area contributed by atoms with Crippen molar-refractivity contribution in [1.82, 2.24) is 20.8 Å². The lowest BCUT2D eigenvalue weighted by Gasteiger charge is -2.07. The number of hydrogen-bond donors (Lipinski definition) is 3. The van der Waals surface area contributed by atoms with E-state index in [1.54, 1.807) is 11.7 Å². The van der Waals surface area contributed by atoms with E-state index in [2.05, 4.69) is 15.3 Å². The van der Waals surface area contributed by atoms with Crippen molar-refractivity contribution in [3.05, 3.63) is 100 Å². The molecule has 0 aliphatic heterocycles. The second-order valence-corrected chi connectivity index (χ2v) is 8.46. The van der Waals surface area contributed by atoms with Crippen molar-refractivity contribution in [3.63, 3.8) is 0 Å². The number of amides is 2. The molecule has 0 saturated heterocycles. The highest BCUT2D eigenvalue weighted by Crippen LogP contribution is 2.23. The summed E-state index contributed by atoms with van der Waals surface area (Å²) in [7, 11) is 0. The van der Waals surface area contributed by atoms with Crippen LogP contribution in [0.15, 0.2) is 79.1 Å². The van der Waals surface area contributed by atoms with Crippen LogP contribution in [0.4, 0.5) is 0 Å². The number of pyridine rings is 1. The summed E-state index contributed by atoms with van der Waals surface area (Å²) in [6.45, 7) is 0.708. The van der Waals surface area contributed by atoms with E-state index in [-0.39, 0.29) is 18.9 Å². The second-order valence-electron chi connectivity index (χ2n) is 7.35. The molecule has 8 nitrogen and oxygen atoms in total. The molecule has 0 fully saturated rings. The SMILES string of the molecule is O=C(Cc1ccc(-c2ccc(OCc3ncc(C(=O)NO)s3)cc2)cn1)NCc1ccccc1. The lowest BCUT2D eigenvalue weighted by Crippen LogP contribution is -2.24. The highest BCUT2D eigenvalue weighted by Gasteiger charge is 2.10. The smallest absolute Gasteiger partial charge is 0.286 e. The molecule has 0 spiro atoms. The Hall–Kier alpha value is -4.08. The van der Waals surface area contributed by atoms with Gasteiger partial charge < -0.3 is 10.1 Å². The van der Waals surface area contributed by atoms with Gasteiger partial charge in [-0.2, -0.15) is 0 Å². The second kappa shape index (κ2) is 11.2. The molecule has 2 aromatic heterocycles. The van der Waals surface area contributed by atoms with Crippen molar-refractivity contribution >= 4 is 23.2 Å². The Morgan fingerprint density at radius 1 is 0.912 bits per heavy atom. The Kier molecular flexibility index (Phi) is 7.59. The van der Waals surface area contributed by atoms with Crippen LogP contribution in [0.2, 0.25) is 0 Å². The van der Waals surface area contributed by atoms with E-state index in [1.165, 1.54) is 6.20 Å². The molecule has 4 aromatic rings. The van der Waals surface area contributed by atoms with Crippen molar-refractivity contribution in [2.24, 2.45) is 0 Å². The number of hydroxylamine groups is 1. The van der Waals surface area contributed by atoms with E-state index in [0.29, 0.717) is 27.9 Å². The lowest BCUT2D eigenvalue weighted by molar-refractivity contribution is -0.120. The maximum atomic E-state index is 12.2. The predicted octanol–water partition coefficient (Wildman–Crippen LogP) is 3.76. The average molecular weight is 475 g/mol. The van der Waals surface area contributed by atoms with Gasteiger partial charge in [-0.25, -0.2) is 10.5 Å². The Balaban J connectivity index is 1.28. The molecule has 2 amide bonds. The molecule has 0 bridgehead atoms. The molecule has 0 unspecified atom stereocenters. The zero-order valence-electron chi connectivity index (χ0n) is 18.1. The van der Waals surface area contributed by atoms with E-state index in [0.717, 1.165) is 28.0 Å². The van der Waals surface area contributed by atoms with Gasteiger partial charge in [-0.3, -0.25) is 19.8 Å². The summed E-state index contributed by atoms with van der Waals surface area (Å²) in [6, 6.07) is 21.1. The highest BCUT2D eigenvalue weighted by molar-refractivity contribution is 7.13. The number of rotatable bonds is 9. The van der Waals surface area contributed by atoms with Crippen LogP contribution in [-0.2, 0) is 24.4 Å². The molecule has 0 atom stereocenters. The van der Waals surface area contributed by atoms with Gasteiger partial charge in [-0.15, -0.1) is 11.3 Å². The largest absolute Gasteiger partial charge is 0.486 e. The summed E-state index contributed by atoms with van der Waals surface area (Å²) in [5.41, 5.74) is 5.23. The van der Waals surface area contributed by atoms with Crippen molar-refractivity contribution in [3.8, 4) is 16.9 Å². The molecule has 3 N–H and O–H groups in total. The number of nitrogens with one attached hydrogen (secondary N) is 2. The maximum absolute atomic E-state index is 12.2. The van der Waals surface area contributed by atoms with Crippen LogP contribution in [0.5, 0.6) is 5.75 Å². The van der Waals surface area contributed by atoms with Crippen LogP contribution in [-0.4, -0.2) is 27.0 Å². The zero-order valence-corrected chi connectivity index (χ0v) is 18.9. The molecule has 2 heterocycles. The number of carbonyl (C=O) groups excluding carboxylic acids is 2. The van der Waals surface area contributed by atoms with E-state index in [9.17, 15) is 9.59 Å². The van der Waals surface area contributed by atoms with Gasteiger partial charge in [0.1, 0.15) is 22.2 Å². The molecule has 2 aromatic carbocycles. The molecular weight excluding hydrogens is 452 g/mol. The minimum atomic E-state index is -0.597. The van der Waals surface area contributed by atoms with E-state index >= 15 is 0 Å². The topological polar surface area (TPSA) is 113 Å². The molecular formula is C25H22N4O4S. The van der Waals surface area contributed by atoms with Gasteiger partial charge in [0.2, 0.25) is 5.91 Å². The van der Waals surface area contributed by atoms with E-state index in [1.807, 2.05) is 66.7 Å². The molecule has 172 valence electrons. The Labute approximate surface area is 200 Å². The summed E-state index contributed by atoms with van der Waals surface area (Å²) < 4.78 is 5.72. The Bertz CT molecular complexity index is 1240. The van der Waals surface area contributed by atoms with Crippen LogP contribution in [0.3, 0.4) is 0 Å². The summed E-state index contributed by atoms with van der Waals surface area (Å²) in [6.07, 6.45) is 3.36. The maximum Gasteiger partial charge on any atom is 0.286 e. The number of nitrogens with zero attached hydrogens (tertiary/aromatic N) is 2. The molecule has 9 heteroatoms. The summed E-state index contributed by atoms with van der Waals surface area (Å²) >= 11 is 1.15. The summed E-state index contributed by atoms with van der Waals surface area (Å²) in [5, 5.41) is 12.2. The van der Waals surface area contributed by atoms with E-state index < -0.39 is 5.91 Å². The minimum absolute atomic E-state index is 0.0741. The number of thiazole rings is 1. The minimum Gasteiger partial charge on any atom is -0.486 e. The van der Waals surface area contributed by atoms with Gasteiger partial charge in [-0.05, 0) is 29.3 Å². The van der Waals surface area contributed by atoms with Crippen LogP contribution < -0.4 is 15.5 Å². The highest BCUT2D eigenvalue weighted by atomic mass is 32.1. The van der Waals surface area contributed by atoms with Gasteiger partial charge in [0.05, 0.1) is 12.6 Å². The summed E-state index contributed by atoms with van der Waals surface area (Å²) in [5.74, 6) is -0.0118. The average Bonchev–Trinajstić information content (AvgIpc) is 3.36. The first-order valence-electron chi connectivity index (χ1n) is 10.5. The van der Waals surface area contributed by atoms with Gasteiger partial charge in [-0.1, -0.05) is 48.5 Å². The number of ether oxygens (including phenoxy) is 1. The standard InChI is InChI=1S/C25H22N4O4S/c30-23(27-13-17-4-2-1-3-5-17)12-20-9-6-19(14-26-20)18-7-10-21(11-8-18)33-16-24-28-15-22(34-24)25(31)29-32/h1-11,14-15,32H,12-13,16H2,(H,27,30)(H,29,31). The van der Waals surface area contributed by atoms with Crippen molar-refractivity contribution in [2.45, 2.75) is 19.6 Å². The zero-order chi connectivity index (χ0) is 23.8. The third-order valence-corrected chi connectivity index (χ3v) is 5.90. The Morgan fingerprint density at radius 2 is 1.68 bits per heavy atom. The van der Waals surface area contributed by atoms with Crippen LogP contribution in [0, 0.1) is 0 Å². The predicted molar refractivity (Wildman–Crippen MR) is 127 cm³/mol. The normalized spacial score (nSPS) is 10.5. The van der Waals surface area contributed by atoms with Crippen molar-refractivity contribution in [1.29, 1.82) is 0 Å². The monoisotopic (exact) mass is 474 g/mol. The molecule has 4 rings (SSSR count). The van der Waals surface area contributed by atoms with E-state index in [4.69, 9.17) is 9.94 Å². The number of aromatic nitrogens is 2.